The number of carbonyl (C=O) groups is 1. The largest absolute Gasteiger partial charge is 0.481 e. The fourth-order valence-corrected chi connectivity index (χ4v) is 1.41. The highest BCUT2D eigenvalue weighted by atomic mass is 16.4. The number of rotatable bonds is 1. The van der Waals surface area contributed by atoms with Crippen molar-refractivity contribution in [3.05, 3.63) is 12.2 Å². The van der Waals surface area contributed by atoms with Crippen LogP contribution in [0.5, 0.6) is 0 Å². The van der Waals surface area contributed by atoms with Crippen LogP contribution in [0.1, 0.15) is 25.7 Å². The van der Waals surface area contributed by atoms with E-state index in [0.29, 0.717) is 19.3 Å². The second kappa shape index (κ2) is 4.26. The molecule has 2 atom stereocenters. The Kier molecular flexibility index (Phi) is 3.29. The van der Waals surface area contributed by atoms with Crippen LogP contribution in [0.2, 0.25) is 0 Å². The molecule has 0 fully saturated rings. The summed E-state index contributed by atoms with van der Waals surface area (Å²) in [7, 11) is 0. The number of aliphatic carboxylic acids is 1. The van der Waals surface area contributed by atoms with Crippen LogP contribution in [-0.4, -0.2) is 22.3 Å². The highest BCUT2D eigenvalue weighted by Crippen LogP contribution is 2.18. The maximum absolute atomic E-state index is 10.6. The summed E-state index contributed by atoms with van der Waals surface area (Å²) >= 11 is 0. The first-order valence-electron chi connectivity index (χ1n) is 4.27. The maximum atomic E-state index is 10.6. The molecule has 0 aromatic rings. The van der Waals surface area contributed by atoms with Crippen LogP contribution in [0.3, 0.4) is 0 Å². The lowest BCUT2D eigenvalue weighted by atomic mass is 9.93. The molecule has 0 aromatic carbocycles. The van der Waals surface area contributed by atoms with Crippen LogP contribution < -0.4 is 0 Å². The van der Waals surface area contributed by atoms with Gasteiger partial charge in [-0.2, -0.15) is 0 Å². The molecular weight excluding hydrogens is 156 g/mol. The third-order valence-corrected chi connectivity index (χ3v) is 2.20. The molecule has 0 heterocycles. The first-order valence-corrected chi connectivity index (χ1v) is 4.27. The fraction of sp³-hybridized carbons (Fsp3) is 0.667. The molecule has 0 aromatic heterocycles. The quantitative estimate of drug-likeness (QED) is 0.581. The van der Waals surface area contributed by atoms with Crippen LogP contribution in [0, 0.1) is 5.92 Å². The van der Waals surface area contributed by atoms with Gasteiger partial charge in [0.15, 0.2) is 0 Å². The van der Waals surface area contributed by atoms with Crippen molar-refractivity contribution in [3.8, 4) is 0 Å². The van der Waals surface area contributed by atoms with Crippen molar-refractivity contribution >= 4 is 5.97 Å². The van der Waals surface area contributed by atoms with Gasteiger partial charge in [-0.15, -0.1) is 0 Å². The predicted molar refractivity (Wildman–Crippen MR) is 44.7 cm³/mol. The SMILES string of the molecule is O=C(O)C1CCC=CC(O)CC1. The standard InChI is InChI=1S/C9H14O3/c10-8-4-2-1-3-7(5-6-8)9(11)12/h2,4,7-8,10H,1,3,5-6H2,(H,11,12). The van der Waals surface area contributed by atoms with E-state index in [1.54, 1.807) is 6.08 Å². The number of allylic oxidation sites excluding steroid dienone is 1. The van der Waals surface area contributed by atoms with Gasteiger partial charge < -0.3 is 10.2 Å². The van der Waals surface area contributed by atoms with Gasteiger partial charge in [0.1, 0.15) is 0 Å². The van der Waals surface area contributed by atoms with Gasteiger partial charge in [-0.05, 0) is 25.7 Å². The van der Waals surface area contributed by atoms with E-state index in [1.165, 1.54) is 0 Å². The Hall–Kier alpha value is -0.830. The van der Waals surface area contributed by atoms with Crippen LogP contribution in [0.4, 0.5) is 0 Å². The Labute approximate surface area is 71.7 Å². The van der Waals surface area contributed by atoms with Crippen molar-refractivity contribution in [1.29, 1.82) is 0 Å². The highest BCUT2D eigenvalue weighted by Gasteiger charge is 2.18. The first-order chi connectivity index (χ1) is 5.70. The van der Waals surface area contributed by atoms with Crippen molar-refractivity contribution in [2.24, 2.45) is 5.92 Å². The van der Waals surface area contributed by atoms with Gasteiger partial charge in [-0.3, -0.25) is 4.79 Å². The second-order valence-corrected chi connectivity index (χ2v) is 3.19. The summed E-state index contributed by atoms with van der Waals surface area (Å²) in [6.45, 7) is 0. The van der Waals surface area contributed by atoms with E-state index in [2.05, 4.69) is 0 Å². The van der Waals surface area contributed by atoms with E-state index in [-0.39, 0.29) is 5.92 Å². The van der Waals surface area contributed by atoms with Gasteiger partial charge >= 0.3 is 5.97 Å². The molecule has 0 saturated heterocycles. The molecule has 0 aliphatic heterocycles. The molecule has 3 nitrogen and oxygen atoms in total. The minimum absolute atomic E-state index is 0.274. The minimum Gasteiger partial charge on any atom is -0.481 e. The molecule has 0 bridgehead atoms. The normalized spacial score (nSPS) is 30.8. The van der Waals surface area contributed by atoms with Crippen molar-refractivity contribution < 1.29 is 15.0 Å². The molecule has 68 valence electrons. The van der Waals surface area contributed by atoms with Crippen LogP contribution in [0.25, 0.3) is 0 Å². The van der Waals surface area contributed by atoms with Crippen molar-refractivity contribution in [2.45, 2.75) is 31.8 Å². The van der Waals surface area contributed by atoms with E-state index in [4.69, 9.17) is 5.11 Å². The van der Waals surface area contributed by atoms with Crippen LogP contribution in [-0.2, 0) is 4.79 Å². The number of aliphatic hydroxyl groups excluding tert-OH is 1. The highest BCUT2D eigenvalue weighted by molar-refractivity contribution is 5.69. The number of carboxylic acids is 1. The Morgan fingerprint density at radius 2 is 2.08 bits per heavy atom. The molecule has 1 rings (SSSR count). The lowest BCUT2D eigenvalue weighted by Crippen LogP contribution is -2.17. The van der Waals surface area contributed by atoms with Crippen molar-refractivity contribution in [3.63, 3.8) is 0 Å². The zero-order valence-electron chi connectivity index (χ0n) is 6.94. The van der Waals surface area contributed by atoms with E-state index < -0.39 is 12.1 Å². The molecule has 1 aliphatic rings. The Morgan fingerprint density at radius 3 is 2.75 bits per heavy atom. The van der Waals surface area contributed by atoms with Gasteiger partial charge in [0, 0.05) is 0 Å². The summed E-state index contributed by atoms with van der Waals surface area (Å²) in [5.74, 6) is -1.01. The summed E-state index contributed by atoms with van der Waals surface area (Å²) in [6.07, 6.45) is 5.76. The van der Waals surface area contributed by atoms with Gasteiger partial charge in [-0.25, -0.2) is 0 Å². The lowest BCUT2D eigenvalue weighted by Gasteiger charge is -2.15. The summed E-state index contributed by atoms with van der Waals surface area (Å²) in [6, 6.07) is 0. The average Bonchev–Trinajstić information content (AvgIpc) is 1.97. The molecule has 12 heavy (non-hydrogen) atoms. The summed E-state index contributed by atoms with van der Waals surface area (Å²) in [5.41, 5.74) is 0. The molecule has 0 spiro atoms. The van der Waals surface area contributed by atoms with Gasteiger partial charge in [0.05, 0.1) is 12.0 Å². The second-order valence-electron chi connectivity index (χ2n) is 3.19. The van der Waals surface area contributed by atoms with Crippen LogP contribution in [0.15, 0.2) is 12.2 Å². The first kappa shape index (κ1) is 9.26. The van der Waals surface area contributed by atoms with Gasteiger partial charge in [0.25, 0.3) is 0 Å². The molecule has 3 heteroatoms. The van der Waals surface area contributed by atoms with E-state index >= 15 is 0 Å². The summed E-state index contributed by atoms with van der Waals surface area (Å²) in [4.78, 5) is 10.6. The molecule has 2 unspecified atom stereocenters. The topological polar surface area (TPSA) is 57.5 Å². The lowest BCUT2D eigenvalue weighted by molar-refractivity contribution is -0.142. The number of carboxylic acid groups (broad SMARTS) is 1. The van der Waals surface area contributed by atoms with Gasteiger partial charge in [-0.1, -0.05) is 12.2 Å². The average molecular weight is 170 g/mol. The molecule has 0 amide bonds. The van der Waals surface area contributed by atoms with E-state index in [9.17, 15) is 9.90 Å². The Balaban J connectivity index is 2.49. The number of hydrogen-bond donors (Lipinski definition) is 2. The number of aliphatic hydroxyl groups is 1. The minimum atomic E-state index is -0.738. The molecule has 0 saturated carbocycles. The maximum Gasteiger partial charge on any atom is 0.306 e. The fourth-order valence-electron chi connectivity index (χ4n) is 1.41. The third kappa shape index (κ3) is 2.66. The van der Waals surface area contributed by atoms with Gasteiger partial charge in [0.2, 0.25) is 0 Å². The Morgan fingerprint density at radius 1 is 1.33 bits per heavy atom. The molecule has 0 radical (unpaired) electrons. The number of hydrogen-bond acceptors (Lipinski definition) is 2. The third-order valence-electron chi connectivity index (χ3n) is 2.20. The molecule has 2 N–H and O–H groups in total. The van der Waals surface area contributed by atoms with Crippen molar-refractivity contribution in [2.75, 3.05) is 0 Å². The van der Waals surface area contributed by atoms with E-state index in [0.717, 1.165) is 6.42 Å². The monoisotopic (exact) mass is 170 g/mol. The summed E-state index contributed by atoms with van der Waals surface area (Å²) in [5, 5.41) is 18.0. The molecular formula is C9H14O3. The van der Waals surface area contributed by atoms with Crippen LogP contribution >= 0.6 is 0 Å². The smallest absolute Gasteiger partial charge is 0.306 e. The Bertz CT molecular complexity index is 186. The van der Waals surface area contributed by atoms with E-state index in [1.807, 2.05) is 6.08 Å². The zero-order chi connectivity index (χ0) is 8.97. The summed E-state index contributed by atoms with van der Waals surface area (Å²) < 4.78 is 0. The predicted octanol–water partition coefficient (Wildman–Crippen LogP) is 1.18. The van der Waals surface area contributed by atoms with Crippen molar-refractivity contribution in [1.82, 2.24) is 0 Å². The molecule has 1 aliphatic carbocycles. The zero-order valence-corrected chi connectivity index (χ0v) is 6.94.